The van der Waals surface area contributed by atoms with Crippen molar-refractivity contribution in [1.29, 1.82) is 0 Å². The van der Waals surface area contributed by atoms with Crippen LogP contribution in [-0.4, -0.2) is 62.9 Å². The number of hydrogen-bond acceptors (Lipinski definition) is 12. The Hall–Kier alpha value is -3.78. The third-order valence-corrected chi connectivity index (χ3v) is 6.25. The van der Waals surface area contributed by atoms with Gasteiger partial charge < -0.3 is 24.7 Å². The summed E-state index contributed by atoms with van der Waals surface area (Å²) in [5.74, 6) is -1.59. The van der Waals surface area contributed by atoms with Gasteiger partial charge in [0, 0.05) is 20.3 Å². The summed E-state index contributed by atoms with van der Waals surface area (Å²) >= 11 is 1.19. The number of aromatic nitrogens is 4. The molecule has 0 aromatic carbocycles. The minimum atomic E-state index is -1.04. The number of imidazole rings is 1. The number of nitrogens with two attached hydrogens (primary N) is 1. The van der Waals surface area contributed by atoms with E-state index < -0.39 is 42.0 Å². The molecule has 0 spiro atoms. The molecule has 3 aromatic heterocycles. The first kappa shape index (κ1) is 24.3. The van der Waals surface area contributed by atoms with Crippen LogP contribution in [0.15, 0.2) is 22.4 Å². The average Bonchev–Trinajstić information content (AvgIpc) is 3.49. The number of ether oxygens (including phenoxy) is 4. The van der Waals surface area contributed by atoms with Gasteiger partial charge in [-0.2, -0.15) is 4.98 Å². The Labute approximate surface area is 202 Å². The molecule has 4 rings (SSSR count). The average molecular weight is 506 g/mol. The normalized spacial score (nSPS) is 19.6. The highest BCUT2D eigenvalue weighted by atomic mass is 32.1. The first-order valence-electron chi connectivity index (χ1n) is 10.5. The summed E-state index contributed by atoms with van der Waals surface area (Å²) in [4.78, 5) is 57.0. The minimum absolute atomic E-state index is 0.0644. The number of esters is 3. The fourth-order valence-electron chi connectivity index (χ4n) is 3.88. The van der Waals surface area contributed by atoms with Gasteiger partial charge in [-0.25, -0.2) is 19.1 Å². The molecule has 0 radical (unpaired) electrons. The van der Waals surface area contributed by atoms with Crippen LogP contribution in [0.5, 0.6) is 0 Å². The monoisotopic (exact) mass is 505 g/mol. The smallest absolute Gasteiger partial charge is 0.348 e. The second kappa shape index (κ2) is 9.84. The van der Waals surface area contributed by atoms with Crippen molar-refractivity contribution in [3.63, 3.8) is 0 Å². The van der Waals surface area contributed by atoms with Crippen LogP contribution in [0.2, 0.25) is 0 Å². The summed E-state index contributed by atoms with van der Waals surface area (Å²) in [6, 6.07) is 1.63. The van der Waals surface area contributed by atoms with E-state index in [1.165, 1.54) is 47.6 Å². The van der Waals surface area contributed by atoms with E-state index >= 15 is 0 Å². The molecule has 0 unspecified atom stereocenters. The van der Waals surface area contributed by atoms with Crippen molar-refractivity contribution in [1.82, 2.24) is 19.1 Å². The maximum atomic E-state index is 13.6. The van der Waals surface area contributed by atoms with E-state index in [1.807, 2.05) is 0 Å². The number of anilines is 1. The van der Waals surface area contributed by atoms with Gasteiger partial charge in [-0.05, 0) is 17.0 Å². The summed E-state index contributed by atoms with van der Waals surface area (Å²) in [5, 5.41) is 1.74. The van der Waals surface area contributed by atoms with Crippen LogP contribution in [0.25, 0.3) is 11.2 Å². The van der Waals surface area contributed by atoms with Gasteiger partial charge in [0.15, 0.2) is 11.9 Å². The molecule has 1 aliphatic rings. The minimum Gasteiger partial charge on any atom is -0.465 e. The highest BCUT2D eigenvalue weighted by molar-refractivity contribution is 7.12. The van der Waals surface area contributed by atoms with Crippen molar-refractivity contribution in [2.24, 2.45) is 0 Å². The summed E-state index contributed by atoms with van der Waals surface area (Å²) in [7, 11) is 1.29. The van der Waals surface area contributed by atoms with Gasteiger partial charge in [0.2, 0.25) is 5.95 Å². The second-order valence-electron chi connectivity index (χ2n) is 7.82. The standard InChI is InChI=1S/C21H23N5O8S/c1-10(27)32-8-13-5-15(33-11(2)28)18(34-13)26-17-14(6-23-20(22)24-17)25(21(26)30)7-12-4-16(35-9-12)19(29)31-3/h4,6,9,13,15,18H,5,7-8H2,1-3H3,(H2,22,23,24)/t13-,15+,18+/m0/s1. The summed E-state index contributed by atoms with van der Waals surface area (Å²) in [6.45, 7) is 2.55. The molecule has 0 aliphatic carbocycles. The molecular weight excluding hydrogens is 482 g/mol. The van der Waals surface area contributed by atoms with Crippen LogP contribution in [0.1, 0.15) is 41.7 Å². The maximum absolute atomic E-state index is 13.6. The molecule has 1 saturated heterocycles. The molecule has 2 N–H and O–H groups in total. The Balaban J connectivity index is 1.76. The predicted octanol–water partition coefficient (Wildman–Crippen LogP) is 0.854. The van der Waals surface area contributed by atoms with Gasteiger partial charge in [-0.15, -0.1) is 11.3 Å². The lowest BCUT2D eigenvalue weighted by Gasteiger charge is -2.19. The zero-order chi connectivity index (χ0) is 25.3. The lowest BCUT2D eigenvalue weighted by Crippen LogP contribution is -2.34. The Kier molecular flexibility index (Phi) is 6.84. The van der Waals surface area contributed by atoms with Crippen molar-refractivity contribution < 1.29 is 33.3 Å². The van der Waals surface area contributed by atoms with Crippen molar-refractivity contribution in [2.45, 2.75) is 45.2 Å². The molecule has 0 saturated carbocycles. The first-order valence-corrected chi connectivity index (χ1v) is 11.4. The molecule has 186 valence electrons. The molecule has 1 aliphatic heterocycles. The van der Waals surface area contributed by atoms with Gasteiger partial charge in [-0.1, -0.05) is 0 Å². The Morgan fingerprint density at radius 2 is 2.06 bits per heavy atom. The van der Waals surface area contributed by atoms with E-state index in [0.717, 1.165) is 0 Å². The number of thiophene rings is 1. The fraction of sp³-hybridized carbons (Fsp3) is 0.429. The van der Waals surface area contributed by atoms with E-state index in [-0.39, 0.29) is 31.2 Å². The van der Waals surface area contributed by atoms with Crippen LogP contribution in [0, 0.1) is 0 Å². The summed E-state index contributed by atoms with van der Waals surface area (Å²) in [5.41, 5.74) is 6.52. The summed E-state index contributed by atoms with van der Waals surface area (Å²) < 4.78 is 23.8. The number of methoxy groups -OCH3 is 1. The van der Waals surface area contributed by atoms with E-state index in [1.54, 1.807) is 11.4 Å². The zero-order valence-electron chi connectivity index (χ0n) is 19.1. The van der Waals surface area contributed by atoms with Gasteiger partial charge in [-0.3, -0.25) is 14.2 Å². The number of carbonyl (C=O) groups excluding carboxylic acids is 3. The molecule has 3 aromatic rings. The molecule has 0 bridgehead atoms. The molecule has 3 atom stereocenters. The third kappa shape index (κ3) is 5.02. The highest BCUT2D eigenvalue weighted by Gasteiger charge is 2.41. The zero-order valence-corrected chi connectivity index (χ0v) is 19.9. The van der Waals surface area contributed by atoms with Gasteiger partial charge >= 0.3 is 23.6 Å². The van der Waals surface area contributed by atoms with E-state index in [2.05, 4.69) is 9.97 Å². The lowest BCUT2D eigenvalue weighted by atomic mass is 10.2. The molecule has 14 heteroatoms. The third-order valence-electron chi connectivity index (χ3n) is 5.30. The molecule has 13 nitrogen and oxygen atoms in total. The van der Waals surface area contributed by atoms with Crippen LogP contribution in [0.4, 0.5) is 5.95 Å². The number of hydrogen-bond donors (Lipinski definition) is 1. The predicted molar refractivity (Wildman–Crippen MR) is 122 cm³/mol. The highest BCUT2D eigenvalue weighted by Crippen LogP contribution is 2.33. The molecule has 0 amide bonds. The van der Waals surface area contributed by atoms with E-state index in [9.17, 15) is 19.2 Å². The quantitative estimate of drug-likeness (QED) is 0.357. The number of fused-ring (bicyclic) bond motifs is 1. The van der Waals surface area contributed by atoms with Gasteiger partial charge in [0.05, 0.1) is 26.0 Å². The molecule has 1 fully saturated rings. The van der Waals surface area contributed by atoms with Crippen molar-refractivity contribution in [2.75, 3.05) is 19.5 Å². The topological polar surface area (TPSA) is 167 Å². The Morgan fingerprint density at radius 1 is 1.29 bits per heavy atom. The first-order chi connectivity index (χ1) is 16.7. The van der Waals surface area contributed by atoms with Crippen molar-refractivity contribution in [3.05, 3.63) is 38.6 Å². The summed E-state index contributed by atoms with van der Waals surface area (Å²) in [6.07, 6.45) is -0.886. The van der Waals surface area contributed by atoms with E-state index in [4.69, 9.17) is 24.7 Å². The van der Waals surface area contributed by atoms with Crippen LogP contribution in [-0.2, 0) is 35.1 Å². The Morgan fingerprint density at radius 3 is 2.74 bits per heavy atom. The molecule has 4 heterocycles. The van der Waals surface area contributed by atoms with Crippen molar-refractivity contribution >= 4 is 46.4 Å². The number of nitrogens with zero attached hydrogens (tertiary/aromatic N) is 4. The Bertz CT molecular complexity index is 1350. The van der Waals surface area contributed by atoms with Crippen LogP contribution >= 0.6 is 11.3 Å². The van der Waals surface area contributed by atoms with Gasteiger partial charge in [0.1, 0.15) is 23.1 Å². The maximum Gasteiger partial charge on any atom is 0.348 e. The van der Waals surface area contributed by atoms with Crippen LogP contribution < -0.4 is 11.4 Å². The van der Waals surface area contributed by atoms with Crippen molar-refractivity contribution in [3.8, 4) is 0 Å². The molecule has 35 heavy (non-hydrogen) atoms. The number of nitrogen functional groups attached to an aromatic ring is 1. The second-order valence-corrected chi connectivity index (χ2v) is 8.73. The lowest BCUT2D eigenvalue weighted by molar-refractivity contribution is -0.153. The molecular formula is C21H23N5O8S. The SMILES string of the molecule is COC(=O)c1cc(Cn2c(=O)n([C@@H]3O[C@H](COC(C)=O)C[C@H]3OC(C)=O)c3nc(N)ncc32)cs1. The van der Waals surface area contributed by atoms with E-state index in [0.29, 0.717) is 16.0 Å². The number of carbonyl (C=O) groups is 3. The largest absolute Gasteiger partial charge is 0.465 e. The number of rotatable bonds is 7. The van der Waals surface area contributed by atoms with Crippen LogP contribution in [0.3, 0.4) is 0 Å². The fourth-order valence-corrected chi connectivity index (χ4v) is 4.70. The van der Waals surface area contributed by atoms with Gasteiger partial charge in [0.25, 0.3) is 0 Å².